The van der Waals surface area contributed by atoms with Gasteiger partial charge in [-0.15, -0.1) is 0 Å². The summed E-state index contributed by atoms with van der Waals surface area (Å²) in [6, 6.07) is 0. The molecule has 9 nitrogen and oxygen atoms in total. The molecule has 7 unspecified atom stereocenters. The number of allylic oxidation sites excluding steroid dienone is 8. The van der Waals surface area contributed by atoms with Crippen molar-refractivity contribution in [3.63, 3.8) is 0 Å². The van der Waals surface area contributed by atoms with Gasteiger partial charge in [0, 0.05) is 11.8 Å². The maximum Gasteiger partial charge on any atom is 0.509 e. The molecule has 5 fully saturated rings. The summed E-state index contributed by atoms with van der Waals surface area (Å²) >= 11 is 0. The Kier molecular flexibility index (Phi) is 10.4. The van der Waals surface area contributed by atoms with Crippen LogP contribution < -0.4 is 0 Å². The van der Waals surface area contributed by atoms with Crippen molar-refractivity contribution in [3.05, 3.63) is 61.3 Å². The van der Waals surface area contributed by atoms with Gasteiger partial charge in [-0.25, -0.2) is 14.4 Å². The van der Waals surface area contributed by atoms with Gasteiger partial charge in [-0.1, -0.05) is 55.2 Å². The molecule has 9 atom stereocenters. The summed E-state index contributed by atoms with van der Waals surface area (Å²) in [5, 5.41) is 0. The third-order valence-electron chi connectivity index (χ3n) is 9.19. The molecule has 3 heterocycles. The van der Waals surface area contributed by atoms with E-state index in [0.717, 1.165) is 0 Å². The van der Waals surface area contributed by atoms with Crippen molar-refractivity contribution in [2.24, 2.45) is 35.5 Å². The SMILES string of the molecule is C1=CCCC=C1.C=CC1COC(=O)O1.O=C1OC[C@@H](C2CC3C=CC2CC3)O1.O=C1OC[C@H](C2CC3C=CC2CC3)O1. The van der Waals surface area contributed by atoms with Crippen molar-refractivity contribution in [3.8, 4) is 0 Å². The van der Waals surface area contributed by atoms with E-state index in [0.29, 0.717) is 55.3 Å². The zero-order valence-electron chi connectivity index (χ0n) is 24.1. The summed E-state index contributed by atoms with van der Waals surface area (Å²) in [4.78, 5) is 31.8. The molecule has 7 aliphatic carbocycles. The highest BCUT2D eigenvalue weighted by Gasteiger charge is 2.42. The largest absolute Gasteiger partial charge is 0.509 e. The van der Waals surface area contributed by atoms with Crippen LogP contribution in [0.15, 0.2) is 61.3 Å². The maximum atomic E-state index is 10.8. The van der Waals surface area contributed by atoms with Crippen LogP contribution in [0.2, 0.25) is 0 Å². The first-order valence-corrected chi connectivity index (χ1v) is 15.3. The Morgan fingerprint density at radius 1 is 0.619 bits per heavy atom. The highest BCUT2D eigenvalue weighted by Crippen LogP contribution is 2.44. The minimum absolute atomic E-state index is 0.0141. The van der Waals surface area contributed by atoms with Crippen LogP contribution in [0.25, 0.3) is 0 Å². The Bertz CT molecular complexity index is 1020. The number of ether oxygens (including phenoxy) is 6. The van der Waals surface area contributed by atoms with Crippen LogP contribution in [0.5, 0.6) is 0 Å². The second kappa shape index (κ2) is 14.6. The van der Waals surface area contributed by atoms with Crippen LogP contribution in [-0.4, -0.2) is 56.6 Å². The van der Waals surface area contributed by atoms with Gasteiger partial charge in [0.1, 0.15) is 32.0 Å². The van der Waals surface area contributed by atoms with Gasteiger partial charge in [0.25, 0.3) is 0 Å². The fourth-order valence-electron chi connectivity index (χ4n) is 6.91. The molecule has 2 saturated carbocycles. The molecule has 0 aromatic carbocycles. The van der Waals surface area contributed by atoms with Gasteiger partial charge in [-0.3, -0.25) is 0 Å². The molecule has 9 heteroatoms. The fraction of sp³-hybridized carbons (Fsp3) is 0.606. The molecule has 10 aliphatic rings. The van der Waals surface area contributed by atoms with E-state index in [4.69, 9.17) is 18.9 Å². The van der Waals surface area contributed by atoms with E-state index in [2.05, 4.69) is 64.7 Å². The highest BCUT2D eigenvalue weighted by atomic mass is 16.8. The summed E-state index contributed by atoms with van der Waals surface area (Å²) < 4.78 is 29.0. The standard InChI is InChI=1S/2C11H14O3.C6H8.C5H6O3/c2*12-11-13-6-10(14-11)9-5-7-1-3-8(9)4-2-7;1-2-4-6-5-3-1;1-2-4-3-7-5(6)8-4/h2*1,3,7-10H,2,4-6H2;1-4H,5-6H2;2,4H,1,3H2/t2*7?,8?,9?,10-;;/m10../s1. The number of fused-ring (bicyclic) bond motifs is 4. The molecular formula is C33H42O9. The minimum atomic E-state index is -0.602. The van der Waals surface area contributed by atoms with Crippen molar-refractivity contribution in [2.75, 3.05) is 19.8 Å². The molecule has 228 valence electrons. The third-order valence-corrected chi connectivity index (χ3v) is 9.19. The van der Waals surface area contributed by atoms with E-state index < -0.39 is 18.5 Å². The van der Waals surface area contributed by atoms with Gasteiger partial charge in [0.05, 0.1) is 0 Å². The molecule has 3 saturated heterocycles. The zero-order valence-corrected chi connectivity index (χ0v) is 24.1. The lowest BCUT2D eigenvalue weighted by molar-refractivity contribution is 0.0559. The quantitative estimate of drug-likeness (QED) is 0.201. The van der Waals surface area contributed by atoms with E-state index in [9.17, 15) is 14.4 Å². The molecule has 0 aromatic heterocycles. The van der Waals surface area contributed by atoms with Crippen LogP contribution in [-0.2, 0) is 28.4 Å². The van der Waals surface area contributed by atoms with Crippen molar-refractivity contribution in [1.29, 1.82) is 0 Å². The lowest BCUT2D eigenvalue weighted by Gasteiger charge is -2.39. The zero-order chi connectivity index (χ0) is 29.3. The predicted octanol–water partition coefficient (Wildman–Crippen LogP) is 6.85. The van der Waals surface area contributed by atoms with Crippen molar-refractivity contribution >= 4 is 18.5 Å². The lowest BCUT2D eigenvalue weighted by Crippen LogP contribution is -2.36. The topological polar surface area (TPSA) is 107 Å². The minimum Gasteiger partial charge on any atom is -0.430 e. The molecular weight excluding hydrogens is 540 g/mol. The predicted molar refractivity (Wildman–Crippen MR) is 153 cm³/mol. The summed E-state index contributed by atoms with van der Waals surface area (Å²) in [7, 11) is 0. The van der Waals surface area contributed by atoms with Crippen LogP contribution >= 0.6 is 0 Å². The van der Waals surface area contributed by atoms with Crippen LogP contribution in [0.4, 0.5) is 14.4 Å². The van der Waals surface area contributed by atoms with E-state index >= 15 is 0 Å². The molecule has 0 amide bonds. The van der Waals surface area contributed by atoms with Crippen LogP contribution in [0.3, 0.4) is 0 Å². The van der Waals surface area contributed by atoms with Crippen molar-refractivity contribution in [1.82, 2.24) is 0 Å². The lowest BCUT2D eigenvalue weighted by atomic mass is 9.67. The second-order valence-corrected chi connectivity index (χ2v) is 11.9. The number of carbonyl (C=O) groups excluding carboxylic acids is 3. The first kappa shape index (κ1) is 30.0. The fourth-order valence-corrected chi connectivity index (χ4v) is 6.91. The summed E-state index contributed by atoms with van der Waals surface area (Å²) in [5.41, 5.74) is 0. The Morgan fingerprint density at radius 2 is 1.10 bits per heavy atom. The maximum absolute atomic E-state index is 10.8. The Balaban J connectivity index is 0.000000118. The van der Waals surface area contributed by atoms with Gasteiger partial charge < -0.3 is 28.4 Å². The summed E-state index contributed by atoms with van der Waals surface area (Å²) in [5.74, 6) is 3.66. The van der Waals surface area contributed by atoms with Crippen LogP contribution in [0, 0.1) is 35.5 Å². The number of rotatable bonds is 3. The molecule has 0 aromatic rings. The highest BCUT2D eigenvalue weighted by molar-refractivity contribution is 5.62. The van der Waals surface area contributed by atoms with Gasteiger partial charge in [0.15, 0.2) is 6.10 Å². The van der Waals surface area contributed by atoms with Gasteiger partial charge >= 0.3 is 18.5 Å². The summed E-state index contributed by atoms with van der Waals surface area (Å²) in [6.07, 6.45) is 27.4. The number of hydrogen-bond donors (Lipinski definition) is 0. The van der Waals surface area contributed by atoms with Crippen molar-refractivity contribution in [2.45, 2.75) is 69.7 Å². The summed E-state index contributed by atoms with van der Waals surface area (Å²) in [6.45, 7) is 4.65. The number of cyclic esters (lactones) is 6. The second-order valence-electron chi connectivity index (χ2n) is 11.9. The van der Waals surface area contributed by atoms with Gasteiger partial charge in [-0.2, -0.15) is 0 Å². The van der Waals surface area contributed by atoms with Gasteiger partial charge in [0.2, 0.25) is 0 Å². The molecule has 4 bridgehead atoms. The van der Waals surface area contributed by atoms with Gasteiger partial charge in [-0.05, 0) is 81.1 Å². The Labute approximate surface area is 247 Å². The average molecular weight is 583 g/mol. The third kappa shape index (κ3) is 8.07. The molecule has 42 heavy (non-hydrogen) atoms. The Hall–Kier alpha value is -3.49. The smallest absolute Gasteiger partial charge is 0.430 e. The number of carbonyl (C=O) groups is 3. The first-order chi connectivity index (χ1) is 20.5. The first-order valence-electron chi connectivity index (χ1n) is 15.3. The molecule has 0 radical (unpaired) electrons. The number of hydrogen-bond acceptors (Lipinski definition) is 9. The molecule has 0 N–H and O–H groups in total. The monoisotopic (exact) mass is 582 g/mol. The van der Waals surface area contributed by atoms with E-state index in [-0.39, 0.29) is 18.3 Å². The average Bonchev–Trinajstić information content (AvgIpc) is 3.81. The van der Waals surface area contributed by atoms with E-state index in [1.807, 2.05) is 0 Å². The van der Waals surface area contributed by atoms with Crippen LogP contribution in [0.1, 0.15) is 51.4 Å². The van der Waals surface area contributed by atoms with E-state index in [1.165, 1.54) is 57.4 Å². The Morgan fingerprint density at radius 3 is 1.33 bits per heavy atom. The molecule has 0 spiro atoms. The normalized spacial score (nSPS) is 37.7. The van der Waals surface area contributed by atoms with E-state index in [1.54, 1.807) is 0 Å². The van der Waals surface area contributed by atoms with Crippen molar-refractivity contribution < 1.29 is 42.8 Å². The molecule has 10 rings (SSSR count). The molecule has 3 aliphatic heterocycles.